The molecule has 0 spiro atoms. The zero-order chi connectivity index (χ0) is 21.1. The summed E-state index contributed by atoms with van der Waals surface area (Å²) in [5, 5.41) is 7.77. The molecule has 1 aliphatic rings. The van der Waals surface area contributed by atoms with Crippen LogP contribution in [-0.2, 0) is 16.1 Å². The monoisotopic (exact) mass is 429 g/mol. The van der Waals surface area contributed by atoms with Crippen LogP contribution in [0.1, 0.15) is 24.3 Å². The van der Waals surface area contributed by atoms with Crippen LogP contribution < -0.4 is 21.5 Å². The third-order valence-electron chi connectivity index (χ3n) is 4.71. The molecule has 0 radical (unpaired) electrons. The van der Waals surface area contributed by atoms with E-state index >= 15 is 0 Å². The van der Waals surface area contributed by atoms with Gasteiger partial charge >= 0.3 is 0 Å². The highest BCUT2D eigenvalue weighted by molar-refractivity contribution is 7.14. The largest absolute Gasteiger partial charge is 0.458 e. The Morgan fingerprint density at radius 1 is 1.27 bits per heavy atom. The Labute approximate surface area is 175 Å². The summed E-state index contributed by atoms with van der Waals surface area (Å²) in [6.07, 6.45) is 0. The minimum atomic E-state index is -0.379. The van der Waals surface area contributed by atoms with Crippen molar-refractivity contribution in [3.8, 4) is 11.5 Å². The van der Waals surface area contributed by atoms with Gasteiger partial charge in [0.2, 0.25) is 11.8 Å². The third-order valence-corrected chi connectivity index (χ3v) is 5.47. The molecule has 2 unspecified atom stereocenters. The third kappa shape index (κ3) is 4.56. The molecule has 10 heteroatoms. The number of anilines is 1. The van der Waals surface area contributed by atoms with Crippen LogP contribution in [0.15, 0.2) is 46.2 Å². The molecule has 30 heavy (non-hydrogen) atoms. The summed E-state index contributed by atoms with van der Waals surface area (Å²) in [6, 6.07) is 9.35. The molecule has 4 rings (SSSR count). The smallest absolute Gasteiger partial charge is 0.232 e. The highest BCUT2D eigenvalue weighted by atomic mass is 32.1. The van der Waals surface area contributed by atoms with E-state index in [1.165, 1.54) is 30.4 Å². The molecule has 0 saturated carbocycles. The highest BCUT2D eigenvalue weighted by Crippen LogP contribution is 2.29. The van der Waals surface area contributed by atoms with Crippen LogP contribution in [0.3, 0.4) is 0 Å². The lowest BCUT2D eigenvalue weighted by Gasteiger charge is -2.17. The number of hydrogen-bond donors (Lipinski definition) is 4. The number of nitrogens with zero attached hydrogens (tertiary/aromatic N) is 1. The molecule has 1 aromatic carbocycles. The first-order chi connectivity index (χ1) is 14.5. The number of hydrogen-bond acceptors (Lipinski definition) is 7. The van der Waals surface area contributed by atoms with Crippen LogP contribution in [0.25, 0.3) is 11.5 Å². The van der Waals surface area contributed by atoms with Gasteiger partial charge in [0.25, 0.3) is 0 Å². The van der Waals surface area contributed by atoms with Gasteiger partial charge in [-0.3, -0.25) is 15.0 Å². The maximum atomic E-state index is 13.2. The number of aromatic nitrogens is 1. The molecule has 2 aromatic heterocycles. The normalized spacial score (nSPS) is 18.3. The predicted octanol–water partition coefficient (Wildman–Crippen LogP) is 2.58. The van der Waals surface area contributed by atoms with Crippen LogP contribution in [-0.4, -0.2) is 23.3 Å². The molecule has 2 atom stereocenters. The molecule has 3 heterocycles. The molecule has 1 fully saturated rings. The predicted molar refractivity (Wildman–Crippen MR) is 110 cm³/mol. The summed E-state index contributed by atoms with van der Waals surface area (Å²) in [5.74, 6) is 0.148. The van der Waals surface area contributed by atoms with Gasteiger partial charge in [0.15, 0.2) is 10.9 Å². The van der Waals surface area contributed by atoms with E-state index in [4.69, 9.17) is 4.42 Å². The van der Waals surface area contributed by atoms with E-state index in [9.17, 15) is 14.0 Å². The van der Waals surface area contributed by atoms with Gasteiger partial charge in [-0.25, -0.2) is 14.8 Å². The molecule has 1 aliphatic heterocycles. The molecular weight excluding hydrogens is 409 g/mol. The Morgan fingerprint density at radius 3 is 2.83 bits per heavy atom. The first-order valence-corrected chi connectivity index (χ1v) is 10.2. The van der Waals surface area contributed by atoms with Crippen molar-refractivity contribution in [2.75, 3.05) is 11.9 Å². The fraction of sp³-hybridized carbons (Fsp3) is 0.250. The van der Waals surface area contributed by atoms with Gasteiger partial charge in [0, 0.05) is 18.8 Å². The van der Waals surface area contributed by atoms with Crippen LogP contribution >= 0.6 is 11.3 Å². The number of halogens is 1. The summed E-state index contributed by atoms with van der Waals surface area (Å²) in [4.78, 5) is 28.2. The quantitative estimate of drug-likeness (QED) is 0.480. The zero-order valence-corrected chi connectivity index (χ0v) is 16.9. The molecule has 0 aliphatic carbocycles. The minimum Gasteiger partial charge on any atom is -0.458 e. The summed E-state index contributed by atoms with van der Waals surface area (Å²) in [5.41, 5.74) is 7.48. The molecule has 0 bridgehead atoms. The van der Waals surface area contributed by atoms with Crippen molar-refractivity contribution in [2.24, 2.45) is 5.92 Å². The Kier molecular flexibility index (Phi) is 5.88. The van der Waals surface area contributed by atoms with Crippen molar-refractivity contribution in [3.05, 3.63) is 58.9 Å². The number of carbonyl (C=O) groups excluding carboxylic acids is 2. The second kappa shape index (κ2) is 8.74. The van der Waals surface area contributed by atoms with Crippen molar-refractivity contribution >= 4 is 28.3 Å². The minimum absolute atomic E-state index is 0.138. The van der Waals surface area contributed by atoms with Crippen molar-refractivity contribution < 1.29 is 18.4 Å². The van der Waals surface area contributed by atoms with Gasteiger partial charge in [-0.05, 0) is 29.8 Å². The van der Waals surface area contributed by atoms with Crippen molar-refractivity contribution in [1.29, 1.82) is 0 Å². The van der Waals surface area contributed by atoms with Crippen molar-refractivity contribution in [3.63, 3.8) is 0 Å². The Morgan fingerprint density at radius 2 is 2.07 bits per heavy atom. The van der Waals surface area contributed by atoms with Gasteiger partial charge in [0.1, 0.15) is 17.3 Å². The highest BCUT2D eigenvalue weighted by Gasteiger charge is 2.34. The maximum Gasteiger partial charge on any atom is 0.232 e. The lowest BCUT2D eigenvalue weighted by molar-refractivity contribution is -0.120. The second-order valence-corrected chi connectivity index (χ2v) is 7.72. The van der Waals surface area contributed by atoms with E-state index < -0.39 is 0 Å². The van der Waals surface area contributed by atoms with E-state index in [1.54, 1.807) is 29.6 Å². The molecule has 4 N–H and O–H groups in total. The Bertz CT molecular complexity index is 1050. The molecule has 1 saturated heterocycles. The fourth-order valence-corrected chi connectivity index (χ4v) is 3.89. The van der Waals surface area contributed by atoms with Gasteiger partial charge in [-0.1, -0.05) is 12.1 Å². The fourth-order valence-electron chi connectivity index (χ4n) is 3.19. The van der Waals surface area contributed by atoms with E-state index in [-0.39, 0.29) is 29.6 Å². The number of nitrogens with one attached hydrogen (secondary N) is 4. The van der Waals surface area contributed by atoms with Crippen LogP contribution in [0.5, 0.6) is 0 Å². The number of benzene rings is 1. The topological polar surface area (TPSA) is 108 Å². The van der Waals surface area contributed by atoms with E-state index in [1.807, 2.05) is 0 Å². The number of furan rings is 1. The number of thiazole rings is 1. The van der Waals surface area contributed by atoms with Gasteiger partial charge in [0.05, 0.1) is 18.5 Å². The molecule has 156 valence electrons. The Hall–Kier alpha value is -3.08. The lowest BCUT2D eigenvalue weighted by atomic mass is 9.94. The maximum absolute atomic E-state index is 13.2. The van der Waals surface area contributed by atoms with E-state index in [0.717, 1.165) is 5.56 Å². The van der Waals surface area contributed by atoms with Crippen molar-refractivity contribution in [2.45, 2.75) is 19.5 Å². The summed E-state index contributed by atoms with van der Waals surface area (Å²) in [7, 11) is 0. The SMILES string of the molecule is CC(=O)NCc1ccc(-c2csc(NC(=O)C3CNNC3c3ccc(F)cc3)n2)o1. The average Bonchev–Trinajstić information content (AvgIpc) is 3.47. The Balaban J connectivity index is 1.41. The summed E-state index contributed by atoms with van der Waals surface area (Å²) < 4.78 is 18.9. The molecule has 2 amide bonds. The molecular formula is C20H20FN5O3S. The number of amides is 2. The standard InChI is InChI=1S/C20H20FN5O3S/c1-11(27)22-8-14-6-7-17(29-14)16-10-30-20(24-16)25-19(28)15-9-23-26-18(15)12-2-4-13(21)5-3-12/h2-7,10,15,18,23,26H,8-9H2,1H3,(H,22,27)(H,24,25,28). The van der Waals surface area contributed by atoms with Crippen LogP contribution in [0.2, 0.25) is 0 Å². The van der Waals surface area contributed by atoms with E-state index in [0.29, 0.717) is 35.4 Å². The van der Waals surface area contributed by atoms with Gasteiger partial charge in [-0.15, -0.1) is 11.3 Å². The molecule has 3 aromatic rings. The summed E-state index contributed by atoms with van der Waals surface area (Å²) in [6.45, 7) is 2.18. The zero-order valence-electron chi connectivity index (χ0n) is 16.1. The van der Waals surface area contributed by atoms with Gasteiger partial charge in [-0.2, -0.15) is 0 Å². The average molecular weight is 429 g/mol. The molecule has 8 nitrogen and oxygen atoms in total. The summed E-state index contributed by atoms with van der Waals surface area (Å²) >= 11 is 1.29. The van der Waals surface area contributed by atoms with Crippen LogP contribution in [0.4, 0.5) is 9.52 Å². The van der Waals surface area contributed by atoms with Gasteiger partial charge < -0.3 is 15.1 Å². The second-order valence-electron chi connectivity index (χ2n) is 6.86. The number of rotatable bonds is 6. The van der Waals surface area contributed by atoms with Crippen molar-refractivity contribution in [1.82, 2.24) is 21.2 Å². The van der Waals surface area contributed by atoms with E-state index in [2.05, 4.69) is 26.5 Å². The first kappa shape index (κ1) is 20.2. The first-order valence-electron chi connectivity index (χ1n) is 9.33. The lowest BCUT2D eigenvalue weighted by Crippen LogP contribution is -2.29. The van der Waals surface area contributed by atoms with Crippen LogP contribution in [0, 0.1) is 11.7 Å². The number of hydrazine groups is 1. The number of carbonyl (C=O) groups is 2.